The lowest BCUT2D eigenvalue weighted by Gasteiger charge is -2.24. The van der Waals surface area contributed by atoms with Gasteiger partial charge in [0.1, 0.15) is 11.5 Å². The molecule has 10 nitrogen and oxygen atoms in total. The van der Waals surface area contributed by atoms with Crippen molar-refractivity contribution in [1.29, 1.82) is 0 Å². The number of ether oxygens (including phenoxy) is 2. The molecule has 2 unspecified atom stereocenters. The van der Waals surface area contributed by atoms with Crippen LogP contribution in [0.3, 0.4) is 0 Å². The van der Waals surface area contributed by atoms with Gasteiger partial charge in [0.25, 0.3) is 0 Å². The third kappa shape index (κ3) is 11.5. The first kappa shape index (κ1) is 34.3. The number of hydrogen-bond acceptors (Lipinski definition) is 10. The zero-order valence-electron chi connectivity index (χ0n) is 24.8. The highest BCUT2D eigenvalue weighted by Crippen LogP contribution is 2.54. The number of esters is 2. The molecule has 0 fully saturated rings. The molecule has 0 heterocycles. The van der Waals surface area contributed by atoms with E-state index < -0.39 is 40.7 Å². The second kappa shape index (κ2) is 15.4. The van der Waals surface area contributed by atoms with Crippen molar-refractivity contribution in [2.45, 2.75) is 60.3 Å². The summed E-state index contributed by atoms with van der Waals surface area (Å²) in [5, 5.41) is 0. The number of aryl methyl sites for hydroxylation is 2. The lowest BCUT2D eigenvalue weighted by atomic mass is 9.91. The normalized spacial score (nSPS) is 13.9. The van der Waals surface area contributed by atoms with Crippen molar-refractivity contribution in [3.05, 3.63) is 53.6 Å². The Labute approximate surface area is 242 Å². The SMILES string of the molecule is C=C(C)c1ccc(C)cc1-c1c(OP(C)(=O)OCOC(C)=O)cc(CCCCC)cc1OP(C)(=O)OCOC(C)=O. The molecule has 0 spiro atoms. The minimum atomic E-state index is -3.83. The second-order valence-corrected chi connectivity index (χ2v) is 13.7. The molecule has 41 heavy (non-hydrogen) atoms. The Hall–Kier alpha value is -2.90. The highest BCUT2D eigenvalue weighted by atomic mass is 31.2. The number of carbonyl (C=O) groups excluding carboxylic acids is 2. The van der Waals surface area contributed by atoms with Crippen LogP contribution in [0.4, 0.5) is 0 Å². The van der Waals surface area contributed by atoms with E-state index in [1.807, 2.05) is 32.0 Å². The van der Waals surface area contributed by atoms with Crippen LogP contribution < -0.4 is 9.05 Å². The molecular weight excluding hydrogens is 570 g/mol. The largest absolute Gasteiger partial charge is 0.438 e. The fourth-order valence-corrected chi connectivity index (χ4v) is 5.43. The summed E-state index contributed by atoms with van der Waals surface area (Å²) < 4.78 is 58.9. The molecule has 0 bridgehead atoms. The fourth-order valence-electron chi connectivity index (χ4n) is 3.83. The van der Waals surface area contributed by atoms with E-state index in [9.17, 15) is 18.7 Å². The van der Waals surface area contributed by atoms with Crippen LogP contribution in [0.15, 0.2) is 36.9 Å². The Morgan fingerprint density at radius 3 is 1.78 bits per heavy atom. The zero-order valence-corrected chi connectivity index (χ0v) is 26.6. The van der Waals surface area contributed by atoms with Gasteiger partial charge in [-0.15, -0.1) is 0 Å². The Morgan fingerprint density at radius 2 is 1.34 bits per heavy atom. The maximum Gasteiger partial charge on any atom is 0.379 e. The molecule has 2 aromatic carbocycles. The van der Waals surface area contributed by atoms with E-state index in [0.29, 0.717) is 17.5 Å². The third-order valence-corrected chi connectivity index (χ3v) is 7.93. The van der Waals surface area contributed by atoms with Gasteiger partial charge in [0.05, 0.1) is 18.9 Å². The molecule has 0 aliphatic heterocycles. The van der Waals surface area contributed by atoms with Gasteiger partial charge < -0.3 is 18.5 Å². The van der Waals surface area contributed by atoms with E-state index >= 15 is 0 Å². The molecule has 2 atom stereocenters. The predicted octanol–water partition coefficient (Wildman–Crippen LogP) is 7.91. The summed E-state index contributed by atoms with van der Waals surface area (Å²) in [6, 6.07) is 9.19. The molecule has 0 radical (unpaired) electrons. The van der Waals surface area contributed by atoms with Crippen molar-refractivity contribution in [1.82, 2.24) is 0 Å². The number of carbonyl (C=O) groups is 2. The second-order valence-electron chi connectivity index (χ2n) is 9.74. The predicted molar refractivity (Wildman–Crippen MR) is 158 cm³/mol. The van der Waals surface area contributed by atoms with Crippen molar-refractivity contribution in [3.63, 3.8) is 0 Å². The van der Waals surface area contributed by atoms with E-state index in [2.05, 4.69) is 13.5 Å². The standard InChI is InChI=1S/C29H40O10P2/c1-9-10-11-12-24-16-27(38-40(7,32)36-18-34-22(5)30)29(26-15-21(4)13-14-25(26)20(2)3)28(17-24)39-41(8,33)37-19-35-23(6)31/h13-17H,2,9-12,18-19H2,1,3-8H3. The highest BCUT2D eigenvalue weighted by Gasteiger charge is 2.29. The summed E-state index contributed by atoms with van der Waals surface area (Å²) in [5.74, 6) is -0.901. The molecule has 0 saturated carbocycles. The van der Waals surface area contributed by atoms with Crippen LogP contribution in [0.5, 0.6) is 11.5 Å². The lowest BCUT2D eigenvalue weighted by Crippen LogP contribution is -2.08. The van der Waals surface area contributed by atoms with E-state index in [0.717, 1.165) is 41.5 Å². The molecular formula is C29H40O10P2. The smallest absolute Gasteiger partial charge is 0.379 e. The molecule has 0 saturated heterocycles. The lowest BCUT2D eigenvalue weighted by molar-refractivity contribution is -0.148. The molecule has 0 aromatic heterocycles. The van der Waals surface area contributed by atoms with Gasteiger partial charge in [-0.25, -0.2) is 9.13 Å². The van der Waals surface area contributed by atoms with Crippen LogP contribution >= 0.6 is 15.2 Å². The quantitative estimate of drug-likeness (QED) is 0.0801. The summed E-state index contributed by atoms with van der Waals surface area (Å²) in [4.78, 5) is 22.4. The van der Waals surface area contributed by atoms with Crippen LogP contribution in [0.25, 0.3) is 16.7 Å². The molecule has 0 amide bonds. The Balaban J connectivity index is 2.76. The molecule has 0 aliphatic carbocycles. The van der Waals surface area contributed by atoms with Crippen molar-refractivity contribution in [2.75, 3.05) is 26.9 Å². The van der Waals surface area contributed by atoms with Crippen molar-refractivity contribution >= 4 is 32.7 Å². The summed E-state index contributed by atoms with van der Waals surface area (Å²) in [6.45, 7) is 13.7. The molecule has 226 valence electrons. The first-order valence-corrected chi connectivity index (χ1v) is 17.2. The van der Waals surface area contributed by atoms with Gasteiger partial charge in [-0.1, -0.05) is 55.7 Å². The summed E-state index contributed by atoms with van der Waals surface area (Å²) >= 11 is 0. The summed E-state index contributed by atoms with van der Waals surface area (Å²) in [5.41, 5.74) is 4.15. The van der Waals surface area contributed by atoms with Crippen molar-refractivity contribution in [2.24, 2.45) is 0 Å². The minimum absolute atomic E-state index is 0.149. The van der Waals surface area contributed by atoms with Crippen LogP contribution in [0.2, 0.25) is 0 Å². The first-order chi connectivity index (χ1) is 19.1. The van der Waals surface area contributed by atoms with Crippen LogP contribution in [-0.4, -0.2) is 38.9 Å². The van der Waals surface area contributed by atoms with Crippen LogP contribution in [0.1, 0.15) is 63.6 Å². The summed E-state index contributed by atoms with van der Waals surface area (Å²) in [7, 11) is -7.67. The van der Waals surface area contributed by atoms with Crippen LogP contribution in [0, 0.1) is 6.92 Å². The Morgan fingerprint density at radius 1 is 0.829 bits per heavy atom. The van der Waals surface area contributed by atoms with Gasteiger partial charge in [0, 0.05) is 13.8 Å². The van der Waals surface area contributed by atoms with Gasteiger partial charge in [-0.05, 0) is 55.5 Å². The number of rotatable bonds is 16. The van der Waals surface area contributed by atoms with Gasteiger partial charge in [-0.2, -0.15) is 0 Å². The van der Waals surface area contributed by atoms with Gasteiger partial charge in [0.2, 0.25) is 13.6 Å². The van der Waals surface area contributed by atoms with E-state index in [4.69, 9.17) is 27.6 Å². The average molecular weight is 611 g/mol. The highest BCUT2D eigenvalue weighted by molar-refractivity contribution is 7.53. The average Bonchev–Trinajstić information content (AvgIpc) is 2.82. The first-order valence-electron chi connectivity index (χ1n) is 13.2. The molecule has 0 N–H and O–H groups in total. The molecule has 2 aromatic rings. The van der Waals surface area contributed by atoms with Gasteiger partial charge >= 0.3 is 27.1 Å². The third-order valence-electron chi connectivity index (χ3n) is 5.73. The Kier molecular flexibility index (Phi) is 12.9. The molecule has 12 heteroatoms. The number of allylic oxidation sites excluding steroid dienone is 1. The number of benzene rings is 2. The topological polar surface area (TPSA) is 124 Å². The maximum atomic E-state index is 13.4. The van der Waals surface area contributed by atoms with Crippen LogP contribution in [-0.2, 0) is 43.7 Å². The van der Waals surface area contributed by atoms with E-state index in [-0.39, 0.29) is 11.5 Å². The van der Waals surface area contributed by atoms with E-state index in [1.165, 1.54) is 27.2 Å². The number of hydrogen-bond donors (Lipinski definition) is 0. The molecule has 0 aliphatic rings. The Bertz CT molecular complexity index is 1290. The van der Waals surface area contributed by atoms with Gasteiger partial charge in [0.15, 0.2) is 0 Å². The fraction of sp³-hybridized carbons (Fsp3) is 0.448. The van der Waals surface area contributed by atoms with Crippen molar-refractivity contribution < 1.29 is 46.3 Å². The maximum absolute atomic E-state index is 13.4. The number of unbranched alkanes of at least 4 members (excludes halogenated alkanes) is 2. The van der Waals surface area contributed by atoms with Gasteiger partial charge in [-0.3, -0.25) is 18.6 Å². The summed E-state index contributed by atoms with van der Waals surface area (Å²) in [6.07, 6.45) is 3.46. The van der Waals surface area contributed by atoms with Crippen molar-refractivity contribution in [3.8, 4) is 22.6 Å². The zero-order chi connectivity index (χ0) is 30.8. The molecule has 2 rings (SSSR count). The minimum Gasteiger partial charge on any atom is -0.438 e. The van der Waals surface area contributed by atoms with E-state index in [1.54, 1.807) is 12.1 Å². The monoisotopic (exact) mass is 610 g/mol.